The van der Waals surface area contributed by atoms with E-state index in [-0.39, 0.29) is 12.1 Å². The van der Waals surface area contributed by atoms with Gasteiger partial charge in [0.15, 0.2) is 11.6 Å². The lowest BCUT2D eigenvalue weighted by atomic mass is 10.2. The number of hydrogen-bond acceptors (Lipinski definition) is 9. The van der Waals surface area contributed by atoms with E-state index in [0.29, 0.717) is 28.9 Å². The molecular formula is C28H35N9O2. The number of carbonyl (C=O) groups is 1. The number of aromatic nitrogens is 4. The summed E-state index contributed by atoms with van der Waals surface area (Å²) in [6.45, 7) is 8.43. The average molecular weight is 530 g/mol. The number of fused-ring (bicyclic) bond motifs is 1. The van der Waals surface area contributed by atoms with E-state index in [9.17, 15) is 4.79 Å². The summed E-state index contributed by atoms with van der Waals surface area (Å²) in [6, 6.07) is 13.4. The topological polar surface area (TPSA) is 112 Å². The van der Waals surface area contributed by atoms with Gasteiger partial charge in [-0.05, 0) is 52.2 Å². The molecule has 1 amide bonds. The van der Waals surface area contributed by atoms with Crippen LogP contribution in [0.3, 0.4) is 0 Å². The Labute approximate surface area is 228 Å². The van der Waals surface area contributed by atoms with Crippen LogP contribution in [0.25, 0.3) is 16.7 Å². The molecule has 0 bridgehead atoms. The fraction of sp³-hybridized carbons (Fsp3) is 0.286. The molecule has 39 heavy (non-hydrogen) atoms. The molecule has 204 valence electrons. The Bertz CT molecular complexity index is 1480. The lowest BCUT2D eigenvalue weighted by Gasteiger charge is -2.33. The third kappa shape index (κ3) is 5.78. The van der Waals surface area contributed by atoms with Crippen molar-refractivity contribution in [2.24, 2.45) is 0 Å². The quantitative estimate of drug-likeness (QED) is 0.191. The minimum Gasteiger partial charge on any atom is -0.494 e. The Hall–Kier alpha value is -4.64. The molecule has 2 aromatic heterocycles. The maximum absolute atomic E-state index is 12.3. The first-order valence-electron chi connectivity index (χ1n) is 12.6. The number of hydrogen-bond donors (Lipinski definition) is 3. The predicted octanol–water partition coefficient (Wildman–Crippen LogP) is 4.47. The number of amides is 1. The van der Waals surface area contributed by atoms with E-state index < -0.39 is 0 Å². The van der Waals surface area contributed by atoms with Crippen LogP contribution in [0.4, 0.5) is 28.8 Å². The molecule has 1 atom stereocenters. The monoisotopic (exact) mass is 529 g/mol. The van der Waals surface area contributed by atoms with Crippen LogP contribution >= 0.6 is 0 Å². The van der Waals surface area contributed by atoms with Crippen LogP contribution in [0, 0.1) is 0 Å². The predicted molar refractivity (Wildman–Crippen MR) is 157 cm³/mol. The van der Waals surface area contributed by atoms with Crippen LogP contribution in [0.5, 0.6) is 5.75 Å². The zero-order valence-electron chi connectivity index (χ0n) is 23.2. The number of ether oxygens (including phenoxy) is 1. The second-order valence-corrected chi connectivity index (χ2v) is 9.14. The highest BCUT2D eigenvalue weighted by Gasteiger charge is 2.20. The molecule has 2 heterocycles. The lowest BCUT2D eigenvalue weighted by Crippen LogP contribution is -2.40. The molecule has 0 aliphatic rings. The largest absolute Gasteiger partial charge is 0.494 e. The van der Waals surface area contributed by atoms with Crippen molar-refractivity contribution in [1.82, 2.24) is 24.6 Å². The first-order valence-corrected chi connectivity index (χ1v) is 12.6. The van der Waals surface area contributed by atoms with Crippen molar-refractivity contribution in [2.75, 3.05) is 55.6 Å². The van der Waals surface area contributed by atoms with Crippen molar-refractivity contribution in [3.8, 4) is 11.6 Å². The Kier molecular flexibility index (Phi) is 8.30. The Morgan fingerprint density at radius 2 is 1.95 bits per heavy atom. The van der Waals surface area contributed by atoms with Gasteiger partial charge in [0.2, 0.25) is 11.9 Å². The van der Waals surface area contributed by atoms with Crippen molar-refractivity contribution in [2.45, 2.75) is 20.0 Å². The van der Waals surface area contributed by atoms with Gasteiger partial charge in [0.05, 0.1) is 35.9 Å². The fourth-order valence-electron chi connectivity index (χ4n) is 4.15. The summed E-state index contributed by atoms with van der Waals surface area (Å²) in [5.41, 5.74) is 2.88. The maximum atomic E-state index is 12.3. The van der Waals surface area contributed by atoms with E-state index in [0.717, 1.165) is 29.0 Å². The van der Waals surface area contributed by atoms with E-state index in [1.165, 1.54) is 6.08 Å². The zero-order valence-corrected chi connectivity index (χ0v) is 23.2. The molecule has 0 saturated carbocycles. The first kappa shape index (κ1) is 27.4. The van der Waals surface area contributed by atoms with Gasteiger partial charge in [-0.15, -0.1) is 5.10 Å². The second-order valence-electron chi connectivity index (χ2n) is 9.14. The van der Waals surface area contributed by atoms with Crippen molar-refractivity contribution >= 4 is 45.6 Å². The van der Waals surface area contributed by atoms with Gasteiger partial charge in [-0.3, -0.25) is 9.69 Å². The van der Waals surface area contributed by atoms with E-state index in [4.69, 9.17) is 14.8 Å². The first-order chi connectivity index (χ1) is 18.8. The van der Waals surface area contributed by atoms with Crippen LogP contribution < -0.4 is 25.6 Å². The summed E-state index contributed by atoms with van der Waals surface area (Å²) < 4.78 is 7.51. The van der Waals surface area contributed by atoms with E-state index in [2.05, 4.69) is 39.3 Å². The maximum Gasteiger partial charge on any atom is 0.247 e. The van der Waals surface area contributed by atoms with Crippen molar-refractivity contribution in [3.63, 3.8) is 0 Å². The molecule has 0 saturated heterocycles. The Morgan fingerprint density at radius 3 is 2.64 bits per heavy atom. The summed E-state index contributed by atoms with van der Waals surface area (Å²) in [4.78, 5) is 25.6. The van der Waals surface area contributed by atoms with Gasteiger partial charge in [-0.1, -0.05) is 18.7 Å². The Morgan fingerprint density at radius 1 is 1.18 bits per heavy atom. The number of anilines is 5. The van der Waals surface area contributed by atoms with Crippen LogP contribution in [0.15, 0.2) is 61.3 Å². The third-order valence-corrected chi connectivity index (χ3v) is 6.48. The number of nitrogens with one attached hydrogen (secondary N) is 3. The van der Waals surface area contributed by atoms with Gasteiger partial charge in [0.25, 0.3) is 0 Å². The number of methoxy groups -OCH3 is 1. The highest BCUT2D eigenvalue weighted by molar-refractivity contribution is 6.02. The average Bonchev–Trinajstić information content (AvgIpc) is 3.31. The van der Waals surface area contributed by atoms with Gasteiger partial charge in [-0.25, -0.2) is 9.67 Å². The summed E-state index contributed by atoms with van der Waals surface area (Å²) >= 11 is 0. The van der Waals surface area contributed by atoms with Gasteiger partial charge in [0, 0.05) is 37.3 Å². The second kappa shape index (κ2) is 11.8. The van der Waals surface area contributed by atoms with Gasteiger partial charge < -0.3 is 25.6 Å². The molecule has 11 nitrogen and oxygen atoms in total. The number of nitrogens with zero attached hydrogens (tertiary/aromatic N) is 6. The number of rotatable bonds is 11. The normalized spacial score (nSPS) is 11.8. The highest BCUT2D eigenvalue weighted by Crippen LogP contribution is 2.38. The van der Waals surface area contributed by atoms with Crippen molar-refractivity contribution < 1.29 is 9.53 Å². The van der Waals surface area contributed by atoms with Crippen LogP contribution in [0.1, 0.15) is 13.8 Å². The van der Waals surface area contributed by atoms with E-state index >= 15 is 0 Å². The van der Waals surface area contributed by atoms with Crippen LogP contribution in [-0.4, -0.2) is 71.5 Å². The van der Waals surface area contributed by atoms with Crippen LogP contribution in [-0.2, 0) is 4.79 Å². The molecule has 2 aromatic carbocycles. The van der Waals surface area contributed by atoms with Crippen LogP contribution in [0.2, 0.25) is 0 Å². The summed E-state index contributed by atoms with van der Waals surface area (Å²) in [5.74, 6) is 1.98. The minimum absolute atomic E-state index is 0.0453. The fourth-order valence-corrected chi connectivity index (χ4v) is 4.15. The summed E-state index contributed by atoms with van der Waals surface area (Å²) in [6.07, 6.45) is 2.95. The highest BCUT2D eigenvalue weighted by atomic mass is 16.5. The van der Waals surface area contributed by atoms with Crippen molar-refractivity contribution in [3.05, 3.63) is 61.3 Å². The third-order valence-electron chi connectivity index (χ3n) is 6.48. The molecule has 4 aromatic rings. The van der Waals surface area contributed by atoms with Gasteiger partial charge >= 0.3 is 0 Å². The Balaban J connectivity index is 1.75. The number of benzene rings is 2. The van der Waals surface area contributed by atoms with E-state index in [1.54, 1.807) is 30.1 Å². The SMILES string of the molecule is C=CC(=O)Nc1cc(Nc2nccc(-n3nc(NCC)c4ccccc43)n2)c(OC)cc1N(C)C(C)N(C)C. The smallest absolute Gasteiger partial charge is 0.247 e. The molecular weight excluding hydrogens is 494 g/mol. The molecule has 1 unspecified atom stereocenters. The molecule has 3 N–H and O–H groups in total. The van der Waals surface area contributed by atoms with Gasteiger partial charge in [-0.2, -0.15) is 4.98 Å². The summed E-state index contributed by atoms with van der Waals surface area (Å²) in [7, 11) is 7.53. The van der Waals surface area contributed by atoms with Crippen molar-refractivity contribution in [1.29, 1.82) is 0 Å². The molecule has 4 rings (SSSR count). The lowest BCUT2D eigenvalue weighted by molar-refractivity contribution is -0.111. The molecule has 0 radical (unpaired) electrons. The summed E-state index contributed by atoms with van der Waals surface area (Å²) in [5, 5.41) is 15.2. The number of para-hydroxylation sites is 1. The standard InChI is InChI=1S/C28H35N9O2/c1-8-26(38)31-20-16-21(24(39-7)17-23(20)36(6)18(3)35(4)5)32-28-30-15-14-25(33-28)37-22-13-11-10-12-19(22)27(34-37)29-9-2/h8,10-18H,1,9H2,2-7H3,(H,29,34)(H,31,38)(H,30,32,33). The number of carbonyl (C=O) groups excluding carboxylic acids is 1. The molecule has 11 heteroatoms. The molecule has 0 fully saturated rings. The molecule has 0 spiro atoms. The minimum atomic E-state index is -0.321. The van der Waals surface area contributed by atoms with E-state index in [1.807, 2.05) is 63.3 Å². The van der Waals surface area contributed by atoms with Gasteiger partial charge in [0.1, 0.15) is 5.75 Å². The molecule has 0 aliphatic heterocycles. The zero-order chi connectivity index (χ0) is 28.1. The molecule has 0 aliphatic carbocycles.